The summed E-state index contributed by atoms with van der Waals surface area (Å²) in [6, 6.07) is 7.92. The molecule has 136 valence electrons. The van der Waals surface area contributed by atoms with Crippen LogP contribution < -0.4 is 15.4 Å². The molecule has 1 saturated heterocycles. The van der Waals surface area contributed by atoms with Gasteiger partial charge in [0.25, 0.3) is 0 Å². The van der Waals surface area contributed by atoms with Crippen molar-refractivity contribution >= 4 is 26.9 Å². The molecule has 8 nitrogen and oxygen atoms in total. The molecule has 0 bridgehead atoms. The van der Waals surface area contributed by atoms with Crippen LogP contribution in [-0.4, -0.2) is 31.5 Å². The van der Waals surface area contributed by atoms with Crippen molar-refractivity contribution in [2.45, 2.75) is 24.3 Å². The van der Waals surface area contributed by atoms with E-state index in [-0.39, 0.29) is 11.4 Å². The van der Waals surface area contributed by atoms with Gasteiger partial charge in [0.15, 0.2) is 5.58 Å². The number of hydrogen-bond acceptors (Lipinski definition) is 6. The van der Waals surface area contributed by atoms with E-state index in [1.54, 1.807) is 12.3 Å². The molecule has 0 unspecified atom stereocenters. The third kappa shape index (κ3) is 3.23. The second-order valence-corrected chi connectivity index (χ2v) is 7.94. The van der Waals surface area contributed by atoms with Gasteiger partial charge in [-0.25, -0.2) is 22.9 Å². The van der Waals surface area contributed by atoms with Gasteiger partial charge in [-0.3, -0.25) is 4.98 Å². The quantitative estimate of drug-likeness (QED) is 0.702. The summed E-state index contributed by atoms with van der Waals surface area (Å²) in [7, 11) is -3.74. The molecule has 1 aromatic carbocycles. The third-order valence-corrected chi connectivity index (χ3v) is 5.83. The Morgan fingerprint density at radius 2 is 2.04 bits per heavy atom. The minimum atomic E-state index is -3.74. The standard InChI is InChI=1S/C17H18N4O4S/c22-17-20-14-10-13(5-6-15(14)25-17)26(23,24)19-11-12-4-3-7-18-16(12)21-8-1-2-9-21/h3-7,10,19H,1-2,8-9,11H2,(H,20,22). The molecule has 0 amide bonds. The first kappa shape index (κ1) is 16.8. The molecule has 26 heavy (non-hydrogen) atoms. The zero-order valence-corrected chi connectivity index (χ0v) is 14.8. The molecular formula is C17H18N4O4S. The van der Waals surface area contributed by atoms with Crippen LogP contribution in [0.5, 0.6) is 0 Å². The lowest BCUT2D eigenvalue weighted by molar-refractivity contribution is 0.555. The molecule has 0 saturated carbocycles. The summed E-state index contributed by atoms with van der Waals surface area (Å²) in [5.74, 6) is 0.204. The maximum Gasteiger partial charge on any atom is 0.417 e. The fourth-order valence-corrected chi connectivity index (χ4v) is 4.17. The van der Waals surface area contributed by atoms with Crippen molar-refractivity contribution in [3.05, 3.63) is 52.6 Å². The van der Waals surface area contributed by atoms with E-state index in [1.807, 2.05) is 6.07 Å². The first-order valence-electron chi connectivity index (χ1n) is 8.34. The lowest BCUT2D eigenvalue weighted by Crippen LogP contribution is -2.26. The highest BCUT2D eigenvalue weighted by atomic mass is 32.2. The van der Waals surface area contributed by atoms with Crippen LogP contribution in [0.1, 0.15) is 18.4 Å². The zero-order chi connectivity index (χ0) is 18.1. The van der Waals surface area contributed by atoms with Gasteiger partial charge in [-0.05, 0) is 37.1 Å². The number of rotatable bonds is 5. The summed E-state index contributed by atoms with van der Waals surface area (Å²) in [6.45, 7) is 2.00. The Morgan fingerprint density at radius 3 is 2.85 bits per heavy atom. The molecule has 3 aromatic rings. The second-order valence-electron chi connectivity index (χ2n) is 6.18. The molecule has 3 heterocycles. The van der Waals surface area contributed by atoms with Crippen LogP contribution in [0.3, 0.4) is 0 Å². The highest BCUT2D eigenvalue weighted by molar-refractivity contribution is 7.89. The topological polar surface area (TPSA) is 108 Å². The number of hydrogen-bond donors (Lipinski definition) is 2. The van der Waals surface area contributed by atoms with Crippen molar-refractivity contribution in [2.24, 2.45) is 0 Å². The van der Waals surface area contributed by atoms with Gasteiger partial charge in [-0.2, -0.15) is 0 Å². The number of aromatic amines is 1. The van der Waals surface area contributed by atoms with Crippen LogP contribution in [0.2, 0.25) is 0 Å². The number of oxazole rings is 1. The summed E-state index contributed by atoms with van der Waals surface area (Å²) in [5.41, 5.74) is 1.49. The fraction of sp³-hybridized carbons (Fsp3) is 0.294. The lowest BCUT2D eigenvalue weighted by atomic mass is 10.2. The number of nitrogens with one attached hydrogen (secondary N) is 2. The number of H-pyrrole nitrogens is 1. The molecule has 4 rings (SSSR count). The third-order valence-electron chi connectivity index (χ3n) is 4.43. The Bertz CT molecular complexity index is 1100. The number of sulfonamides is 1. The number of fused-ring (bicyclic) bond motifs is 1. The zero-order valence-electron chi connectivity index (χ0n) is 13.9. The minimum absolute atomic E-state index is 0.0636. The van der Waals surface area contributed by atoms with E-state index >= 15 is 0 Å². The number of nitrogens with zero attached hydrogens (tertiary/aromatic N) is 2. The molecule has 1 aliphatic rings. The number of anilines is 1. The molecular weight excluding hydrogens is 356 g/mol. The predicted octanol–water partition coefficient (Wildman–Crippen LogP) is 1.59. The summed E-state index contributed by atoms with van der Waals surface area (Å²) < 4.78 is 32.7. The molecule has 0 aliphatic carbocycles. The van der Waals surface area contributed by atoms with Gasteiger partial charge in [-0.15, -0.1) is 0 Å². The molecule has 0 spiro atoms. The van der Waals surface area contributed by atoms with Gasteiger partial charge in [-0.1, -0.05) is 6.07 Å². The van der Waals surface area contributed by atoms with Crippen molar-refractivity contribution in [3.8, 4) is 0 Å². The largest absolute Gasteiger partial charge is 0.417 e. The Morgan fingerprint density at radius 1 is 1.23 bits per heavy atom. The van der Waals surface area contributed by atoms with Crippen LogP contribution in [0.4, 0.5) is 5.82 Å². The summed E-state index contributed by atoms with van der Waals surface area (Å²) in [4.78, 5) is 20.3. The van der Waals surface area contributed by atoms with E-state index in [4.69, 9.17) is 4.42 Å². The highest BCUT2D eigenvalue weighted by Crippen LogP contribution is 2.22. The van der Waals surface area contributed by atoms with Crippen molar-refractivity contribution in [1.29, 1.82) is 0 Å². The van der Waals surface area contributed by atoms with Crippen LogP contribution in [0.15, 0.2) is 50.6 Å². The second kappa shape index (κ2) is 6.58. The monoisotopic (exact) mass is 374 g/mol. The van der Waals surface area contributed by atoms with Gasteiger partial charge >= 0.3 is 5.76 Å². The lowest BCUT2D eigenvalue weighted by Gasteiger charge is -2.20. The van der Waals surface area contributed by atoms with E-state index in [2.05, 4.69) is 19.6 Å². The van der Waals surface area contributed by atoms with Gasteiger partial charge in [0.1, 0.15) is 5.82 Å². The van der Waals surface area contributed by atoms with Crippen molar-refractivity contribution < 1.29 is 12.8 Å². The molecule has 0 atom stereocenters. The SMILES string of the molecule is O=c1[nH]c2cc(S(=O)(=O)NCc3cccnc3N3CCCC3)ccc2o1. The highest BCUT2D eigenvalue weighted by Gasteiger charge is 2.20. The normalized spacial score (nSPS) is 15.0. The smallest absolute Gasteiger partial charge is 0.408 e. The van der Waals surface area contributed by atoms with Crippen LogP contribution in [0, 0.1) is 0 Å². The van der Waals surface area contributed by atoms with Gasteiger partial charge < -0.3 is 9.32 Å². The van der Waals surface area contributed by atoms with Crippen molar-refractivity contribution in [2.75, 3.05) is 18.0 Å². The average Bonchev–Trinajstić information content (AvgIpc) is 3.28. The molecule has 2 N–H and O–H groups in total. The molecule has 0 radical (unpaired) electrons. The summed E-state index contributed by atoms with van der Waals surface area (Å²) in [5, 5.41) is 0. The van der Waals surface area contributed by atoms with E-state index < -0.39 is 15.8 Å². The van der Waals surface area contributed by atoms with E-state index in [1.165, 1.54) is 18.2 Å². The van der Waals surface area contributed by atoms with Crippen molar-refractivity contribution in [3.63, 3.8) is 0 Å². The minimum Gasteiger partial charge on any atom is -0.408 e. The molecule has 1 fully saturated rings. The van der Waals surface area contributed by atoms with Crippen molar-refractivity contribution in [1.82, 2.24) is 14.7 Å². The summed E-state index contributed by atoms with van der Waals surface area (Å²) >= 11 is 0. The van der Waals surface area contributed by atoms with E-state index in [0.717, 1.165) is 37.3 Å². The van der Waals surface area contributed by atoms with Crippen LogP contribution in [0.25, 0.3) is 11.1 Å². The Hall–Kier alpha value is -2.65. The Labute approximate surface area is 149 Å². The average molecular weight is 374 g/mol. The number of aromatic nitrogens is 2. The van der Waals surface area contributed by atoms with Gasteiger partial charge in [0.2, 0.25) is 10.0 Å². The maximum atomic E-state index is 12.6. The van der Waals surface area contributed by atoms with E-state index in [9.17, 15) is 13.2 Å². The Balaban J connectivity index is 1.57. The van der Waals surface area contributed by atoms with Crippen LogP contribution in [-0.2, 0) is 16.6 Å². The molecule has 2 aromatic heterocycles. The van der Waals surface area contributed by atoms with Gasteiger partial charge in [0, 0.05) is 31.4 Å². The van der Waals surface area contributed by atoms with Gasteiger partial charge in [0.05, 0.1) is 10.4 Å². The molecule has 1 aliphatic heterocycles. The fourth-order valence-electron chi connectivity index (χ4n) is 3.14. The molecule has 9 heteroatoms. The first-order valence-corrected chi connectivity index (χ1v) is 9.83. The maximum absolute atomic E-state index is 12.6. The summed E-state index contributed by atoms with van der Waals surface area (Å²) in [6.07, 6.45) is 3.95. The van der Waals surface area contributed by atoms with Crippen LogP contribution >= 0.6 is 0 Å². The predicted molar refractivity (Wildman–Crippen MR) is 96.5 cm³/mol. The number of benzene rings is 1. The van der Waals surface area contributed by atoms with E-state index in [0.29, 0.717) is 11.1 Å². The number of pyridine rings is 1. The first-order chi connectivity index (χ1) is 12.5. The Kier molecular flexibility index (Phi) is 4.25.